The molecule has 0 unspecified atom stereocenters. The van der Waals surface area contributed by atoms with E-state index in [2.05, 4.69) is 5.32 Å². The number of nitrogens with zero attached hydrogens (tertiary/aromatic N) is 1. The number of nitro groups is 1. The zero-order valence-electron chi connectivity index (χ0n) is 11.3. The van der Waals surface area contributed by atoms with Gasteiger partial charge in [-0.1, -0.05) is 6.42 Å². The minimum atomic E-state index is -0.802. The SMILES string of the molecule is COc1ccc(NCCCCCC(=O)O)c([N+](=O)[O-])c1. The number of rotatable bonds is 9. The number of carboxylic acid groups (broad SMARTS) is 1. The van der Waals surface area contributed by atoms with Gasteiger partial charge in [0.05, 0.1) is 18.1 Å². The molecule has 0 saturated carbocycles. The minimum Gasteiger partial charge on any atom is -0.496 e. The molecule has 110 valence electrons. The number of anilines is 1. The summed E-state index contributed by atoms with van der Waals surface area (Å²) in [4.78, 5) is 20.8. The van der Waals surface area contributed by atoms with Crippen molar-refractivity contribution in [3.05, 3.63) is 28.3 Å². The molecule has 7 nitrogen and oxygen atoms in total. The molecule has 20 heavy (non-hydrogen) atoms. The van der Waals surface area contributed by atoms with E-state index in [4.69, 9.17) is 9.84 Å². The summed E-state index contributed by atoms with van der Waals surface area (Å²) >= 11 is 0. The van der Waals surface area contributed by atoms with Crippen LogP contribution in [0.25, 0.3) is 0 Å². The maximum Gasteiger partial charge on any atom is 0.303 e. The summed E-state index contributed by atoms with van der Waals surface area (Å²) in [5.41, 5.74) is 0.406. The minimum absolute atomic E-state index is 0.0325. The monoisotopic (exact) mass is 282 g/mol. The second-order valence-electron chi connectivity index (χ2n) is 4.27. The Hall–Kier alpha value is -2.31. The lowest BCUT2D eigenvalue weighted by Crippen LogP contribution is -2.05. The van der Waals surface area contributed by atoms with Crippen LogP contribution in [0.3, 0.4) is 0 Å². The molecule has 1 aromatic carbocycles. The molecule has 0 fully saturated rings. The van der Waals surface area contributed by atoms with Crippen molar-refractivity contribution in [3.8, 4) is 5.75 Å². The first kappa shape index (κ1) is 15.7. The third-order valence-electron chi connectivity index (χ3n) is 2.78. The number of carboxylic acids is 1. The molecule has 1 aromatic rings. The van der Waals surface area contributed by atoms with Gasteiger partial charge in [0, 0.05) is 13.0 Å². The first-order chi connectivity index (χ1) is 9.54. The standard InChI is InChI=1S/C13H18N2O5/c1-20-10-6-7-11(12(9-10)15(18)19)14-8-4-2-3-5-13(16)17/h6-7,9,14H,2-5,8H2,1H3,(H,16,17). The maximum absolute atomic E-state index is 10.9. The predicted molar refractivity (Wildman–Crippen MR) is 74.2 cm³/mol. The van der Waals surface area contributed by atoms with Crippen molar-refractivity contribution in [2.24, 2.45) is 0 Å². The van der Waals surface area contributed by atoms with Gasteiger partial charge in [-0.3, -0.25) is 14.9 Å². The summed E-state index contributed by atoms with van der Waals surface area (Å²) in [6.45, 7) is 0.562. The highest BCUT2D eigenvalue weighted by molar-refractivity contribution is 5.66. The van der Waals surface area contributed by atoms with Crippen LogP contribution in [0.15, 0.2) is 18.2 Å². The number of methoxy groups -OCH3 is 1. The highest BCUT2D eigenvalue weighted by atomic mass is 16.6. The van der Waals surface area contributed by atoms with Crippen molar-refractivity contribution >= 4 is 17.3 Å². The van der Waals surface area contributed by atoms with Gasteiger partial charge in [-0.2, -0.15) is 0 Å². The Morgan fingerprint density at radius 1 is 1.40 bits per heavy atom. The van der Waals surface area contributed by atoms with E-state index in [0.29, 0.717) is 24.4 Å². The van der Waals surface area contributed by atoms with Crippen LogP contribution in [0.4, 0.5) is 11.4 Å². The second kappa shape index (κ2) is 7.98. The van der Waals surface area contributed by atoms with E-state index < -0.39 is 10.9 Å². The van der Waals surface area contributed by atoms with Gasteiger partial charge < -0.3 is 15.2 Å². The number of ether oxygens (including phenoxy) is 1. The van der Waals surface area contributed by atoms with E-state index >= 15 is 0 Å². The average molecular weight is 282 g/mol. The van der Waals surface area contributed by atoms with Crippen LogP contribution in [0.2, 0.25) is 0 Å². The normalized spacial score (nSPS) is 10.1. The number of nitrogens with one attached hydrogen (secondary N) is 1. The molecule has 0 atom stereocenters. The van der Waals surface area contributed by atoms with Crippen LogP contribution < -0.4 is 10.1 Å². The van der Waals surface area contributed by atoms with Gasteiger partial charge in [-0.25, -0.2) is 0 Å². The Labute approximate surface area is 116 Å². The number of carbonyl (C=O) groups is 1. The van der Waals surface area contributed by atoms with Gasteiger partial charge in [0.25, 0.3) is 5.69 Å². The van der Waals surface area contributed by atoms with Crippen molar-refractivity contribution in [1.29, 1.82) is 0 Å². The number of nitro benzene ring substituents is 1. The quantitative estimate of drug-likeness (QED) is 0.410. The van der Waals surface area contributed by atoms with Crippen LogP contribution in [-0.4, -0.2) is 29.7 Å². The molecule has 2 N–H and O–H groups in total. The molecule has 7 heteroatoms. The summed E-state index contributed by atoms with van der Waals surface area (Å²) in [7, 11) is 1.45. The van der Waals surface area contributed by atoms with Gasteiger partial charge in [0.15, 0.2) is 0 Å². The van der Waals surface area contributed by atoms with E-state index in [1.54, 1.807) is 12.1 Å². The van der Waals surface area contributed by atoms with Gasteiger partial charge in [0.1, 0.15) is 11.4 Å². The summed E-state index contributed by atoms with van der Waals surface area (Å²) in [5, 5.41) is 22.4. The predicted octanol–water partition coefficient (Wildman–Crippen LogP) is 2.66. The molecular formula is C13H18N2O5. The zero-order chi connectivity index (χ0) is 15.0. The second-order valence-corrected chi connectivity index (χ2v) is 4.27. The summed E-state index contributed by atoms with van der Waals surface area (Å²) in [6, 6.07) is 4.63. The first-order valence-corrected chi connectivity index (χ1v) is 6.32. The van der Waals surface area contributed by atoms with Crippen molar-refractivity contribution in [1.82, 2.24) is 0 Å². The Morgan fingerprint density at radius 3 is 2.75 bits per heavy atom. The number of aliphatic carboxylic acids is 1. The van der Waals surface area contributed by atoms with Crippen LogP contribution >= 0.6 is 0 Å². The lowest BCUT2D eigenvalue weighted by atomic mass is 10.2. The Bertz CT molecular complexity index is 476. The fourth-order valence-electron chi connectivity index (χ4n) is 1.74. The zero-order valence-corrected chi connectivity index (χ0v) is 11.3. The fourth-order valence-corrected chi connectivity index (χ4v) is 1.74. The van der Waals surface area contributed by atoms with E-state index in [-0.39, 0.29) is 12.1 Å². The first-order valence-electron chi connectivity index (χ1n) is 6.32. The molecule has 0 aliphatic heterocycles. The lowest BCUT2D eigenvalue weighted by Gasteiger charge is -2.08. The molecule has 0 heterocycles. The molecule has 0 radical (unpaired) electrons. The van der Waals surface area contributed by atoms with E-state index in [0.717, 1.165) is 12.8 Å². The van der Waals surface area contributed by atoms with E-state index in [9.17, 15) is 14.9 Å². The van der Waals surface area contributed by atoms with Crippen LogP contribution in [0, 0.1) is 10.1 Å². The Kier molecular flexibility index (Phi) is 6.28. The van der Waals surface area contributed by atoms with Crippen LogP contribution in [0.1, 0.15) is 25.7 Å². The lowest BCUT2D eigenvalue weighted by molar-refractivity contribution is -0.384. The van der Waals surface area contributed by atoms with Crippen LogP contribution in [0.5, 0.6) is 5.75 Å². The third-order valence-corrected chi connectivity index (χ3v) is 2.78. The van der Waals surface area contributed by atoms with Gasteiger partial charge in [0.2, 0.25) is 0 Å². The topological polar surface area (TPSA) is 102 Å². The Morgan fingerprint density at radius 2 is 2.15 bits per heavy atom. The molecule has 0 aromatic heterocycles. The summed E-state index contributed by atoms with van der Waals surface area (Å²) in [6.07, 6.45) is 2.30. The van der Waals surface area contributed by atoms with Crippen molar-refractivity contribution in [2.45, 2.75) is 25.7 Å². The highest BCUT2D eigenvalue weighted by Crippen LogP contribution is 2.28. The Balaban J connectivity index is 2.47. The summed E-state index contributed by atoms with van der Waals surface area (Å²) in [5.74, 6) is -0.368. The van der Waals surface area contributed by atoms with E-state index in [1.807, 2.05) is 0 Å². The molecule has 0 amide bonds. The molecule has 0 aliphatic carbocycles. The fraction of sp³-hybridized carbons (Fsp3) is 0.462. The molecule has 0 spiro atoms. The number of benzene rings is 1. The number of hydrogen-bond acceptors (Lipinski definition) is 5. The molecule has 0 aliphatic rings. The smallest absolute Gasteiger partial charge is 0.303 e. The van der Waals surface area contributed by atoms with Crippen LogP contribution in [-0.2, 0) is 4.79 Å². The number of unbranched alkanes of at least 4 members (excludes halogenated alkanes) is 2. The summed E-state index contributed by atoms with van der Waals surface area (Å²) < 4.78 is 4.95. The third kappa shape index (κ3) is 5.13. The van der Waals surface area contributed by atoms with Crippen molar-refractivity contribution in [2.75, 3.05) is 19.0 Å². The van der Waals surface area contributed by atoms with E-state index in [1.165, 1.54) is 13.2 Å². The molecular weight excluding hydrogens is 264 g/mol. The van der Waals surface area contributed by atoms with Crippen molar-refractivity contribution in [3.63, 3.8) is 0 Å². The molecule has 0 bridgehead atoms. The van der Waals surface area contributed by atoms with Gasteiger partial charge in [-0.15, -0.1) is 0 Å². The molecule has 0 saturated heterocycles. The largest absolute Gasteiger partial charge is 0.496 e. The molecule has 1 rings (SSSR count). The van der Waals surface area contributed by atoms with Gasteiger partial charge in [-0.05, 0) is 25.0 Å². The highest BCUT2D eigenvalue weighted by Gasteiger charge is 2.14. The van der Waals surface area contributed by atoms with Gasteiger partial charge >= 0.3 is 5.97 Å². The number of hydrogen-bond donors (Lipinski definition) is 2. The average Bonchev–Trinajstić information content (AvgIpc) is 2.42. The van der Waals surface area contributed by atoms with Crippen molar-refractivity contribution < 1.29 is 19.6 Å². The maximum atomic E-state index is 10.9.